The topological polar surface area (TPSA) is 70.6 Å². The van der Waals surface area contributed by atoms with Gasteiger partial charge in [-0.05, 0) is 55.9 Å². The summed E-state index contributed by atoms with van der Waals surface area (Å²) in [6, 6.07) is 12.2. The molecular weight excluding hydrogens is 430 g/mol. The number of para-hydroxylation sites is 1. The number of nitrogens with zero attached hydrogens (tertiary/aromatic N) is 3. The third-order valence-electron chi connectivity index (χ3n) is 5.46. The number of hydrogen-bond donors (Lipinski definition) is 0. The minimum absolute atomic E-state index is 0.0291. The molecule has 6 nitrogen and oxygen atoms in total. The van der Waals surface area contributed by atoms with Gasteiger partial charge in [0.25, 0.3) is 5.91 Å². The molecule has 3 rings (SSSR count). The van der Waals surface area contributed by atoms with Crippen LogP contribution in [-0.2, 0) is 9.84 Å². The molecule has 0 N–H and O–H groups in total. The fraction of sp³-hybridized carbons (Fsp3) is 0.391. The highest BCUT2D eigenvalue weighted by Gasteiger charge is 2.23. The van der Waals surface area contributed by atoms with Crippen LogP contribution in [0.1, 0.15) is 36.7 Å². The number of anilines is 1. The van der Waals surface area contributed by atoms with Crippen LogP contribution in [0.2, 0.25) is 0 Å². The molecule has 0 bridgehead atoms. The molecule has 0 radical (unpaired) electrons. The van der Waals surface area contributed by atoms with E-state index in [-0.39, 0.29) is 16.6 Å². The minimum atomic E-state index is -3.31. The third kappa shape index (κ3) is 5.14. The summed E-state index contributed by atoms with van der Waals surface area (Å²) in [7, 11) is -3.31. The van der Waals surface area contributed by atoms with Crippen LogP contribution < -0.4 is 4.90 Å². The zero-order valence-corrected chi connectivity index (χ0v) is 20.1. The van der Waals surface area contributed by atoms with E-state index in [1.54, 1.807) is 24.0 Å². The molecule has 0 saturated heterocycles. The Labute approximate surface area is 188 Å². The van der Waals surface area contributed by atoms with Crippen molar-refractivity contribution in [3.8, 4) is 0 Å². The summed E-state index contributed by atoms with van der Waals surface area (Å²) in [6.07, 6.45) is 0. The zero-order chi connectivity index (χ0) is 22.6. The van der Waals surface area contributed by atoms with E-state index in [9.17, 15) is 13.2 Å². The highest BCUT2D eigenvalue weighted by Crippen LogP contribution is 2.31. The number of carbonyl (C=O) groups is 1. The van der Waals surface area contributed by atoms with E-state index < -0.39 is 9.84 Å². The number of aromatic nitrogens is 1. The Balaban J connectivity index is 1.96. The number of carbonyl (C=O) groups excluding carboxylic acids is 1. The average molecular weight is 460 g/mol. The maximum Gasteiger partial charge on any atom is 0.260 e. The Hall–Kier alpha value is -2.29. The summed E-state index contributed by atoms with van der Waals surface area (Å²) in [6.45, 7) is 10.9. The van der Waals surface area contributed by atoms with Gasteiger partial charge in [-0.3, -0.25) is 9.69 Å². The fourth-order valence-electron chi connectivity index (χ4n) is 3.38. The number of benzene rings is 2. The quantitative estimate of drug-likeness (QED) is 0.475. The van der Waals surface area contributed by atoms with Crippen LogP contribution in [0.15, 0.2) is 47.4 Å². The molecule has 0 aliphatic carbocycles. The summed E-state index contributed by atoms with van der Waals surface area (Å²) < 4.78 is 25.2. The smallest absolute Gasteiger partial charge is 0.260 e. The Morgan fingerprint density at radius 3 is 2.26 bits per heavy atom. The number of aryl methyl sites for hydroxylation is 1. The highest BCUT2D eigenvalue weighted by atomic mass is 32.2. The van der Waals surface area contributed by atoms with E-state index in [1.807, 2.05) is 25.1 Å². The number of sulfone groups is 1. The highest BCUT2D eigenvalue weighted by molar-refractivity contribution is 7.91. The lowest BCUT2D eigenvalue weighted by atomic mass is 10.2. The Morgan fingerprint density at radius 2 is 1.68 bits per heavy atom. The lowest BCUT2D eigenvalue weighted by molar-refractivity contribution is 0.0983. The van der Waals surface area contributed by atoms with Crippen molar-refractivity contribution < 1.29 is 13.2 Å². The standard InChI is InChI=1S/C23H29N3O3S2/c1-5-25(6-2)15-16-26(23-24-21-17(4)9-8-10-20(21)30-23)22(27)18-11-13-19(14-12-18)31(28,29)7-3/h8-14H,5-7,15-16H2,1-4H3. The molecule has 0 unspecified atom stereocenters. The molecule has 0 fully saturated rings. The number of likely N-dealkylation sites (N-methyl/N-ethyl adjacent to an activating group) is 1. The van der Waals surface area contributed by atoms with E-state index in [4.69, 9.17) is 4.98 Å². The van der Waals surface area contributed by atoms with E-state index in [0.29, 0.717) is 17.2 Å². The Bertz CT molecular complexity index is 1150. The first-order chi connectivity index (χ1) is 14.8. The summed E-state index contributed by atoms with van der Waals surface area (Å²) in [5.74, 6) is -0.147. The van der Waals surface area contributed by atoms with Crippen molar-refractivity contribution >= 4 is 42.4 Å². The normalized spacial score (nSPS) is 11.9. The summed E-state index contributed by atoms with van der Waals surface area (Å²) in [5, 5.41) is 0.659. The molecule has 0 atom stereocenters. The van der Waals surface area contributed by atoms with Crippen LogP contribution in [0.3, 0.4) is 0 Å². The van der Waals surface area contributed by atoms with Crippen LogP contribution in [0.4, 0.5) is 5.13 Å². The number of hydrogen-bond acceptors (Lipinski definition) is 6. The van der Waals surface area contributed by atoms with Gasteiger partial charge in [0.05, 0.1) is 20.9 Å². The van der Waals surface area contributed by atoms with E-state index in [1.165, 1.54) is 23.5 Å². The molecule has 1 amide bonds. The first-order valence-corrected chi connectivity index (χ1v) is 13.0. The second-order valence-electron chi connectivity index (χ2n) is 7.33. The van der Waals surface area contributed by atoms with Gasteiger partial charge in [0, 0.05) is 18.7 Å². The molecule has 1 heterocycles. The SMILES string of the molecule is CCN(CC)CCN(C(=O)c1ccc(S(=O)(=O)CC)cc1)c1nc2c(C)cccc2s1. The van der Waals surface area contributed by atoms with E-state index >= 15 is 0 Å². The Kier molecular flexibility index (Phi) is 7.46. The first-order valence-electron chi connectivity index (χ1n) is 10.5. The van der Waals surface area contributed by atoms with Gasteiger partial charge in [0.1, 0.15) is 0 Å². The number of thiazole rings is 1. The van der Waals surface area contributed by atoms with Gasteiger partial charge in [0.15, 0.2) is 15.0 Å². The van der Waals surface area contributed by atoms with Crippen LogP contribution in [0, 0.1) is 6.92 Å². The van der Waals surface area contributed by atoms with E-state index in [2.05, 4.69) is 18.7 Å². The van der Waals surface area contributed by atoms with Crippen LogP contribution >= 0.6 is 11.3 Å². The van der Waals surface area contributed by atoms with Gasteiger partial charge in [-0.15, -0.1) is 0 Å². The molecule has 0 aliphatic heterocycles. The number of rotatable bonds is 9. The predicted molar refractivity (Wildman–Crippen MR) is 128 cm³/mol. The van der Waals surface area contributed by atoms with E-state index in [0.717, 1.165) is 35.4 Å². The molecule has 0 aliphatic rings. The van der Waals surface area contributed by atoms with Crippen LogP contribution in [0.25, 0.3) is 10.2 Å². The fourth-order valence-corrected chi connectivity index (χ4v) is 5.33. The third-order valence-corrected chi connectivity index (χ3v) is 8.25. The molecule has 3 aromatic rings. The zero-order valence-electron chi connectivity index (χ0n) is 18.5. The van der Waals surface area contributed by atoms with Gasteiger partial charge in [-0.25, -0.2) is 13.4 Å². The molecule has 2 aromatic carbocycles. The largest absolute Gasteiger partial charge is 0.302 e. The van der Waals surface area contributed by atoms with Crippen LogP contribution in [-0.4, -0.2) is 56.1 Å². The number of amides is 1. The molecule has 0 spiro atoms. The van der Waals surface area contributed by atoms with Crippen molar-refractivity contribution in [1.82, 2.24) is 9.88 Å². The molecule has 31 heavy (non-hydrogen) atoms. The first kappa shape index (κ1) is 23.4. The van der Waals surface area contributed by atoms with Crippen molar-refractivity contribution in [3.05, 3.63) is 53.6 Å². The second kappa shape index (κ2) is 9.89. The monoisotopic (exact) mass is 459 g/mol. The summed E-state index contributed by atoms with van der Waals surface area (Å²) in [5.41, 5.74) is 2.43. The maximum atomic E-state index is 13.5. The van der Waals surface area contributed by atoms with Crippen molar-refractivity contribution in [3.63, 3.8) is 0 Å². The predicted octanol–water partition coefficient (Wildman–Crippen LogP) is 4.39. The average Bonchev–Trinajstić information content (AvgIpc) is 3.22. The summed E-state index contributed by atoms with van der Waals surface area (Å²) in [4.78, 5) is 22.4. The van der Waals surface area contributed by atoms with Crippen molar-refractivity contribution in [2.24, 2.45) is 0 Å². The van der Waals surface area contributed by atoms with Gasteiger partial charge in [0.2, 0.25) is 0 Å². The molecular formula is C23H29N3O3S2. The maximum absolute atomic E-state index is 13.5. The molecule has 0 saturated carbocycles. The molecule has 8 heteroatoms. The van der Waals surface area contributed by atoms with Crippen molar-refractivity contribution in [2.75, 3.05) is 36.8 Å². The molecule has 166 valence electrons. The van der Waals surface area contributed by atoms with Gasteiger partial charge >= 0.3 is 0 Å². The number of fused-ring (bicyclic) bond motifs is 1. The van der Waals surface area contributed by atoms with Crippen molar-refractivity contribution in [1.29, 1.82) is 0 Å². The lowest BCUT2D eigenvalue weighted by Crippen LogP contribution is -2.38. The summed E-state index contributed by atoms with van der Waals surface area (Å²) >= 11 is 1.50. The van der Waals surface area contributed by atoms with Crippen LogP contribution in [0.5, 0.6) is 0 Å². The van der Waals surface area contributed by atoms with Gasteiger partial charge < -0.3 is 4.90 Å². The molecule has 1 aromatic heterocycles. The van der Waals surface area contributed by atoms with Gasteiger partial charge in [-0.2, -0.15) is 0 Å². The lowest BCUT2D eigenvalue weighted by Gasteiger charge is -2.24. The second-order valence-corrected chi connectivity index (χ2v) is 10.6. The van der Waals surface area contributed by atoms with Crippen molar-refractivity contribution in [2.45, 2.75) is 32.6 Å². The minimum Gasteiger partial charge on any atom is -0.302 e. The van der Waals surface area contributed by atoms with Gasteiger partial charge in [-0.1, -0.05) is 44.2 Å². The Morgan fingerprint density at radius 1 is 1.00 bits per heavy atom.